The second-order valence-corrected chi connectivity index (χ2v) is 7.61. The molecule has 1 amide bonds. The van der Waals surface area contributed by atoms with E-state index in [2.05, 4.69) is 26.1 Å². The average Bonchev–Trinajstić information content (AvgIpc) is 2.54. The lowest BCUT2D eigenvalue weighted by Crippen LogP contribution is -2.56. The van der Waals surface area contributed by atoms with E-state index in [9.17, 15) is 15.0 Å². The van der Waals surface area contributed by atoms with Gasteiger partial charge in [-0.25, -0.2) is 0 Å². The van der Waals surface area contributed by atoms with Crippen LogP contribution in [0, 0.1) is 17.8 Å². The lowest BCUT2D eigenvalue weighted by molar-refractivity contribution is -0.156. The van der Waals surface area contributed by atoms with Crippen molar-refractivity contribution in [2.24, 2.45) is 17.8 Å². The molecule has 4 atom stereocenters. The number of aliphatic hydroxyl groups excluding tert-OH is 1. The average molecular weight is 333 g/mol. The summed E-state index contributed by atoms with van der Waals surface area (Å²) in [4.78, 5) is 13.0. The summed E-state index contributed by atoms with van der Waals surface area (Å²) in [6, 6.07) is 9.35. The molecule has 1 fully saturated rings. The van der Waals surface area contributed by atoms with Crippen molar-refractivity contribution in [1.82, 2.24) is 5.32 Å². The van der Waals surface area contributed by atoms with Crippen LogP contribution in [0.4, 0.5) is 0 Å². The lowest BCUT2D eigenvalue weighted by atomic mass is 9.66. The molecule has 0 unspecified atom stereocenters. The first-order valence-corrected chi connectivity index (χ1v) is 9.07. The molecular formula is C20H31NO3. The molecule has 0 heterocycles. The minimum Gasteiger partial charge on any atom is -0.396 e. The summed E-state index contributed by atoms with van der Waals surface area (Å²) in [5, 5.41) is 23.6. The van der Waals surface area contributed by atoms with Crippen LogP contribution in [0.5, 0.6) is 0 Å². The first kappa shape index (κ1) is 18.9. The highest BCUT2D eigenvalue weighted by atomic mass is 16.3. The van der Waals surface area contributed by atoms with Crippen LogP contribution < -0.4 is 5.32 Å². The minimum absolute atomic E-state index is 0.0116. The normalized spacial score (nSPS) is 28.6. The molecule has 0 spiro atoms. The predicted molar refractivity (Wildman–Crippen MR) is 95.3 cm³/mol. The zero-order valence-corrected chi connectivity index (χ0v) is 15.0. The maximum Gasteiger partial charge on any atom is 0.252 e. The van der Waals surface area contributed by atoms with Gasteiger partial charge in [0.15, 0.2) is 0 Å². The summed E-state index contributed by atoms with van der Waals surface area (Å²) < 4.78 is 0. The van der Waals surface area contributed by atoms with Gasteiger partial charge in [0.25, 0.3) is 5.91 Å². The van der Waals surface area contributed by atoms with Gasteiger partial charge < -0.3 is 15.5 Å². The fraction of sp³-hybridized carbons (Fsp3) is 0.650. The third-order valence-corrected chi connectivity index (χ3v) is 5.37. The predicted octanol–water partition coefficient (Wildman–Crippen LogP) is 3.05. The second-order valence-electron chi connectivity index (χ2n) is 7.61. The monoisotopic (exact) mass is 333 g/mol. The molecule has 0 aromatic heterocycles. The minimum atomic E-state index is -1.33. The molecule has 1 aromatic rings. The van der Waals surface area contributed by atoms with Crippen molar-refractivity contribution in [3.05, 3.63) is 35.9 Å². The van der Waals surface area contributed by atoms with Crippen LogP contribution in [-0.2, 0) is 4.79 Å². The topological polar surface area (TPSA) is 69.6 Å². The van der Waals surface area contributed by atoms with Gasteiger partial charge in [0, 0.05) is 6.61 Å². The van der Waals surface area contributed by atoms with Gasteiger partial charge in [0.2, 0.25) is 0 Å². The summed E-state index contributed by atoms with van der Waals surface area (Å²) in [6.45, 7) is 6.22. The van der Waals surface area contributed by atoms with Crippen LogP contribution in [0.1, 0.15) is 58.1 Å². The Labute approximate surface area is 145 Å². The molecule has 1 aliphatic rings. The van der Waals surface area contributed by atoms with E-state index in [1.807, 2.05) is 30.3 Å². The van der Waals surface area contributed by atoms with Crippen molar-refractivity contribution in [3.63, 3.8) is 0 Å². The van der Waals surface area contributed by atoms with Gasteiger partial charge in [-0.05, 0) is 42.6 Å². The van der Waals surface area contributed by atoms with Gasteiger partial charge in [-0.15, -0.1) is 0 Å². The number of hydrogen-bond acceptors (Lipinski definition) is 3. The van der Waals surface area contributed by atoms with E-state index in [4.69, 9.17) is 0 Å². The molecule has 0 radical (unpaired) electrons. The Bertz CT molecular complexity index is 531. The molecule has 24 heavy (non-hydrogen) atoms. The summed E-state index contributed by atoms with van der Waals surface area (Å²) in [5.41, 5.74) is -0.373. The number of carbonyl (C=O) groups excluding carboxylic acids is 1. The zero-order valence-electron chi connectivity index (χ0n) is 15.0. The van der Waals surface area contributed by atoms with Crippen molar-refractivity contribution < 1.29 is 15.0 Å². The van der Waals surface area contributed by atoms with Gasteiger partial charge in [0.1, 0.15) is 5.60 Å². The van der Waals surface area contributed by atoms with E-state index < -0.39 is 5.60 Å². The highest BCUT2D eigenvalue weighted by Gasteiger charge is 2.48. The molecule has 4 nitrogen and oxygen atoms in total. The van der Waals surface area contributed by atoms with E-state index in [-0.39, 0.29) is 30.4 Å². The van der Waals surface area contributed by atoms with Crippen LogP contribution in [0.3, 0.4) is 0 Å². The van der Waals surface area contributed by atoms with Crippen LogP contribution in [0.15, 0.2) is 30.3 Å². The fourth-order valence-corrected chi connectivity index (χ4v) is 4.05. The number of carbonyl (C=O) groups is 1. The Morgan fingerprint density at radius 3 is 2.54 bits per heavy atom. The molecular weight excluding hydrogens is 302 g/mol. The van der Waals surface area contributed by atoms with Crippen molar-refractivity contribution in [2.45, 2.75) is 58.1 Å². The molecule has 1 aromatic carbocycles. The third kappa shape index (κ3) is 4.17. The number of rotatable bonds is 6. The fourth-order valence-electron chi connectivity index (χ4n) is 4.05. The number of amides is 1. The number of aliphatic hydroxyl groups is 2. The Kier molecular flexibility index (Phi) is 6.41. The summed E-state index contributed by atoms with van der Waals surface area (Å²) in [5.74, 6) is 0.263. The molecule has 3 N–H and O–H groups in total. The maximum atomic E-state index is 13.0. The van der Waals surface area contributed by atoms with Crippen molar-refractivity contribution in [3.8, 4) is 0 Å². The molecule has 4 heteroatoms. The number of benzene rings is 1. The van der Waals surface area contributed by atoms with Crippen LogP contribution in [0.2, 0.25) is 0 Å². The third-order valence-electron chi connectivity index (χ3n) is 5.37. The first-order valence-electron chi connectivity index (χ1n) is 9.07. The van der Waals surface area contributed by atoms with Crippen molar-refractivity contribution in [1.29, 1.82) is 0 Å². The lowest BCUT2D eigenvalue weighted by Gasteiger charge is -2.44. The van der Waals surface area contributed by atoms with E-state index in [0.29, 0.717) is 18.8 Å². The zero-order chi connectivity index (χ0) is 17.7. The van der Waals surface area contributed by atoms with Crippen molar-refractivity contribution in [2.75, 3.05) is 6.61 Å². The SMILES string of the molecule is CC(C)[C@@H]1CC[C@@H](C)C[C@@]1(O)C(=O)N[C@H](CCO)c1ccccc1. The number of hydrogen-bond donors (Lipinski definition) is 3. The van der Waals surface area contributed by atoms with E-state index >= 15 is 0 Å². The quantitative estimate of drug-likeness (QED) is 0.749. The maximum absolute atomic E-state index is 13.0. The first-order chi connectivity index (χ1) is 11.4. The largest absolute Gasteiger partial charge is 0.396 e. The Balaban J connectivity index is 2.20. The highest BCUT2D eigenvalue weighted by molar-refractivity contribution is 5.86. The van der Waals surface area contributed by atoms with Gasteiger partial charge >= 0.3 is 0 Å². The smallest absolute Gasteiger partial charge is 0.252 e. The molecule has 134 valence electrons. The van der Waals surface area contributed by atoms with E-state index in [0.717, 1.165) is 18.4 Å². The van der Waals surface area contributed by atoms with Gasteiger partial charge in [-0.2, -0.15) is 0 Å². The van der Waals surface area contributed by atoms with Crippen LogP contribution in [-0.4, -0.2) is 28.3 Å². The van der Waals surface area contributed by atoms with Gasteiger partial charge in [-0.1, -0.05) is 57.5 Å². The summed E-state index contributed by atoms with van der Waals surface area (Å²) in [6.07, 6.45) is 2.87. The second kappa shape index (κ2) is 8.13. The molecule has 1 aliphatic carbocycles. The Morgan fingerprint density at radius 1 is 1.29 bits per heavy atom. The highest BCUT2D eigenvalue weighted by Crippen LogP contribution is 2.41. The molecule has 0 bridgehead atoms. The van der Waals surface area contributed by atoms with Crippen molar-refractivity contribution >= 4 is 5.91 Å². The van der Waals surface area contributed by atoms with Gasteiger partial charge in [-0.3, -0.25) is 4.79 Å². The number of nitrogens with one attached hydrogen (secondary N) is 1. The van der Waals surface area contributed by atoms with Gasteiger partial charge in [0.05, 0.1) is 6.04 Å². The molecule has 1 saturated carbocycles. The summed E-state index contributed by atoms with van der Waals surface area (Å²) >= 11 is 0. The van der Waals surface area contributed by atoms with E-state index in [1.54, 1.807) is 0 Å². The molecule has 2 rings (SSSR count). The summed E-state index contributed by atoms with van der Waals surface area (Å²) in [7, 11) is 0. The van der Waals surface area contributed by atoms with Crippen LogP contribution in [0.25, 0.3) is 0 Å². The Morgan fingerprint density at radius 2 is 1.96 bits per heavy atom. The van der Waals surface area contributed by atoms with E-state index in [1.165, 1.54) is 0 Å². The Hall–Kier alpha value is -1.39. The van der Waals surface area contributed by atoms with Crippen LogP contribution >= 0.6 is 0 Å². The standard InChI is InChI=1S/C20H31NO3/c1-14(2)17-10-9-15(3)13-20(17,24)19(23)21-18(11-12-22)16-7-5-4-6-8-16/h4-8,14-15,17-18,22,24H,9-13H2,1-3H3,(H,21,23)/t15-,17+,18-,20+/m1/s1. The molecule has 0 saturated heterocycles. The molecule has 0 aliphatic heterocycles.